The second-order valence-electron chi connectivity index (χ2n) is 9.16. The molecule has 0 saturated carbocycles. The summed E-state index contributed by atoms with van der Waals surface area (Å²) in [5, 5.41) is 0. The molecule has 2 aliphatic heterocycles. The number of hydrogen-bond donors (Lipinski definition) is 1. The Morgan fingerprint density at radius 2 is 1.65 bits per heavy atom. The van der Waals surface area contributed by atoms with Crippen molar-refractivity contribution in [1.29, 1.82) is 0 Å². The zero-order valence-electron chi connectivity index (χ0n) is 19.3. The van der Waals surface area contributed by atoms with Crippen LogP contribution in [0.2, 0.25) is 0 Å². The van der Waals surface area contributed by atoms with Crippen molar-refractivity contribution in [2.45, 2.75) is 46.1 Å². The van der Waals surface area contributed by atoms with Gasteiger partial charge < -0.3 is 15.4 Å². The van der Waals surface area contributed by atoms with Gasteiger partial charge in [-0.2, -0.15) is 0 Å². The molecule has 31 heavy (non-hydrogen) atoms. The van der Waals surface area contributed by atoms with E-state index >= 15 is 0 Å². The highest BCUT2D eigenvalue weighted by atomic mass is 16.5. The lowest BCUT2D eigenvalue weighted by Gasteiger charge is -2.38. The minimum Gasteiger partial charge on any atom is -0.464 e. The average molecular weight is 431 g/mol. The molecule has 0 radical (unpaired) electrons. The first-order valence-corrected chi connectivity index (χ1v) is 11.5. The predicted octanol–water partition coefficient (Wildman–Crippen LogP) is 1.94. The van der Waals surface area contributed by atoms with Crippen molar-refractivity contribution in [3.8, 4) is 0 Å². The molecule has 3 rings (SSSR count). The van der Waals surface area contributed by atoms with Gasteiger partial charge in [0.05, 0.1) is 0 Å². The van der Waals surface area contributed by atoms with E-state index in [4.69, 9.17) is 10.5 Å². The van der Waals surface area contributed by atoms with Crippen molar-refractivity contribution in [3.05, 3.63) is 29.3 Å². The average Bonchev–Trinajstić information content (AvgIpc) is 2.72. The van der Waals surface area contributed by atoms with Crippen LogP contribution in [0, 0.1) is 19.8 Å². The smallest absolute Gasteiger partial charge is 0.302 e. The van der Waals surface area contributed by atoms with E-state index in [1.807, 2.05) is 0 Å². The Kier molecular flexibility index (Phi) is 8.32. The molecule has 2 aliphatic rings. The van der Waals surface area contributed by atoms with E-state index < -0.39 is 11.9 Å². The largest absolute Gasteiger partial charge is 0.464 e. The van der Waals surface area contributed by atoms with Gasteiger partial charge in [0.1, 0.15) is 12.6 Å². The molecule has 0 bridgehead atoms. The molecule has 2 fully saturated rings. The monoisotopic (exact) mass is 430 g/mol. The van der Waals surface area contributed by atoms with Crippen molar-refractivity contribution in [3.63, 3.8) is 0 Å². The van der Waals surface area contributed by atoms with E-state index in [0.29, 0.717) is 5.92 Å². The lowest BCUT2D eigenvalue weighted by atomic mass is 9.92. The first-order chi connectivity index (χ1) is 14.8. The molecule has 2 N–H and O–H groups in total. The molecular weight excluding hydrogens is 392 g/mol. The van der Waals surface area contributed by atoms with E-state index in [1.165, 1.54) is 30.2 Å². The first kappa shape index (κ1) is 23.5. The summed E-state index contributed by atoms with van der Waals surface area (Å²) in [6.07, 6.45) is 3.32. The number of esters is 1. The normalized spacial score (nSPS) is 19.9. The number of hydrogen-bond acceptors (Lipinski definition) is 6. The highest BCUT2D eigenvalue weighted by molar-refractivity contribution is 5.80. The topological polar surface area (TPSA) is 79.1 Å². The molecule has 172 valence electrons. The number of ether oxygens (including phenoxy) is 1. The van der Waals surface area contributed by atoms with Gasteiger partial charge in [0.25, 0.3) is 0 Å². The van der Waals surface area contributed by atoms with Crippen molar-refractivity contribution in [2.75, 3.05) is 57.3 Å². The minimum absolute atomic E-state index is 0.0556. The SMILES string of the molecule is CC(=O)OCC(C(N)=O)N1CCC(CCN2CCN(c3cc(C)cc(C)c3)CC2)CC1. The fourth-order valence-electron chi connectivity index (χ4n) is 4.85. The lowest BCUT2D eigenvalue weighted by Crippen LogP contribution is -2.51. The molecule has 1 amide bonds. The number of benzene rings is 1. The third-order valence-electron chi connectivity index (χ3n) is 6.66. The number of piperidine rings is 1. The Bertz CT molecular complexity index is 733. The molecule has 1 atom stereocenters. The number of anilines is 1. The Morgan fingerprint density at radius 1 is 1.03 bits per heavy atom. The number of carbonyl (C=O) groups is 2. The highest BCUT2D eigenvalue weighted by Crippen LogP contribution is 2.24. The zero-order valence-corrected chi connectivity index (χ0v) is 19.3. The number of likely N-dealkylation sites (tertiary alicyclic amines) is 1. The van der Waals surface area contributed by atoms with Gasteiger partial charge in [-0.1, -0.05) is 6.07 Å². The number of nitrogens with zero attached hydrogens (tertiary/aromatic N) is 3. The number of aryl methyl sites for hydroxylation is 2. The van der Waals surface area contributed by atoms with Crippen LogP contribution >= 0.6 is 0 Å². The van der Waals surface area contributed by atoms with Crippen LogP contribution in [0.4, 0.5) is 5.69 Å². The van der Waals surface area contributed by atoms with Crippen LogP contribution in [0.5, 0.6) is 0 Å². The van der Waals surface area contributed by atoms with Crippen LogP contribution in [0.1, 0.15) is 37.3 Å². The van der Waals surface area contributed by atoms with Gasteiger partial charge in [0.15, 0.2) is 0 Å². The number of carbonyl (C=O) groups excluding carboxylic acids is 2. The number of nitrogens with two attached hydrogens (primary N) is 1. The van der Waals surface area contributed by atoms with Gasteiger partial charge in [0, 0.05) is 38.8 Å². The summed E-state index contributed by atoms with van der Waals surface area (Å²) in [7, 11) is 0. The van der Waals surface area contributed by atoms with Crippen molar-refractivity contribution in [1.82, 2.24) is 9.80 Å². The van der Waals surface area contributed by atoms with Crippen molar-refractivity contribution in [2.24, 2.45) is 11.7 Å². The predicted molar refractivity (Wildman–Crippen MR) is 123 cm³/mol. The van der Waals surface area contributed by atoms with Gasteiger partial charge in [-0.15, -0.1) is 0 Å². The summed E-state index contributed by atoms with van der Waals surface area (Å²) in [6.45, 7) is 12.9. The van der Waals surface area contributed by atoms with Gasteiger partial charge in [-0.3, -0.25) is 19.4 Å². The van der Waals surface area contributed by atoms with Gasteiger partial charge in [-0.05, 0) is 81.9 Å². The maximum atomic E-state index is 11.8. The second kappa shape index (κ2) is 11.0. The maximum absolute atomic E-state index is 11.8. The maximum Gasteiger partial charge on any atom is 0.302 e. The third-order valence-corrected chi connectivity index (χ3v) is 6.66. The minimum atomic E-state index is -0.511. The zero-order chi connectivity index (χ0) is 22.4. The van der Waals surface area contributed by atoms with E-state index in [1.54, 1.807) is 0 Å². The van der Waals surface area contributed by atoms with Crippen molar-refractivity contribution >= 4 is 17.6 Å². The number of piperazine rings is 1. The van der Waals surface area contributed by atoms with E-state index in [9.17, 15) is 9.59 Å². The van der Waals surface area contributed by atoms with E-state index in [-0.39, 0.29) is 12.6 Å². The summed E-state index contributed by atoms with van der Waals surface area (Å²) in [6, 6.07) is 6.30. The molecule has 0 aromatic heterocycles. The Hall–Kier alpha value is -2.12. The summed E-state index contributed by atoms with van der Waals surface area (Å²) >= 11 is 0. The molecule has 0 spiro atoms. The molecule has 1 aromatic carbocycles. The molecule has 1 aromatic rings. The standard InChI is InChI=1S/C24H38N4O3/c1-18-14-19(2)16-22(15-18)27-12-10-26(11-13-27)7-4-21-5-8-28(9-6-21)23(24(25)30)17-31-20(3)29/h14-16,21,23H,4-13,17H2,1-3H3,(H2,25,30). The lowest BCUT2D eigenvalue weighted by molar-refractivity contribution is -0.144. The Morgan fingerprint density at radius 3 is 2.19 bits per heavy atom. The fourth-order valence-corrected chi connectivity index (χ4v) is 4.85. The number of primary amides is 1. The molecule has 2 heterocycles. The van der Waals surface area contributed by atoms with Crippen LogP contribution in [0.25, 0.3) is 0 Å². The van der Waals surface area contributed by atoms with Gasteiger partial charge in [-0.25, -0.2) is 0 Å². The van der Waals surface area contributed by atoms with E-state index in [0.717, 1.165) is 58.7 Å². The molecule has 1 unspecified atom stereocenters. The molecule has 2 saturated heterocycles. The fraction of sp³-hybridized carbons (Fsp3) is 0.667. The van der Waals surface area contributed by atoms with Gasteiger partial charge in [0.2, 0.25) is 5.91 Å². The van der Waals surface area contributed by atoms with Crippen LogP contribution in [0.3, 0.4) is 0 Å². The van der Waals surface area contributed by atoms with Gasteiger partial charge >= 0.3 is 5.97 Å². The summed E-state index contributed by atoms with van der Waals surface area (Å²) in [4.78, 5) is 30.0. The number of rotatable bonds is 8. The molecule has 0 aliphatic carbocycles. The van der Waals surface area contributed by atoms with Crippen LogP contribution in [-0.4, -0.2) is 80.1 Å². The van der Waals surface area contributed by atoms with Crippen LogP contribution in [0.15, 0.2) is 18.2 Å². The molecular formula is C24H38N4O3. The Labute approximate surface area is 186 Å². The molecule has 7 heteroatoms. The third kappa shape index (κ3) is 6.94. The van der Waals surface area contributed by atoms with Crippen molar-refractivity contribution < 1.29 is 14.3 Å². The van der Waals surface area contributed by atoms with Crippen LogP contribution < -0.4 is 10.6 Å². The number of amides is 1. The second-order valence-corrected chi connectivity index (χ2v) is 9.16. The summed E-state index contributed by atoms with van der Waals surface area (Å²) in [5.74, 6) is -0.115. The Balaban J connectivity index is 1.38. The highest BCUT2D eigenvalue weighted by Gasteiger charge is 2.29. The quantitative estimate of drug-likeness (QED) is 0.635. The summed E-state index contributed by atoms with van der Waals surface area (Å²) in [5.41, 5.74) is 9.54. The first-order valence-electron chi connectivity index (χ1n) is 11.5. The van der Waals surface area contributed by atoms with Crippen LogP contribution in [-0.2, 0) is 14.3 Å². The summed E-state index contributed by atoms with van der Waals surface area (Å²) < 4.78 is 5.03. The van der Waals surface area contributed by atoms with E-state index in [2.05, 4.69) is 46.7 Å². The molecule has 7 nitrogen and oxygen atoms in total.